The van der Waals surface area contributed by atoms with Crippen LogP contribution in [0.1, 0.15) is 5.56 Å². The number of anilines is 1. The van der Waals surface area contributed by atoms with Gasteiger partial charge in [0.15, 0.2) is 0 Å². The first kappa shape index (κ1) is 10.5. The minimum atomic E-state index is -0.546. The summed E-state index contributed by atoms with van der Waals surface area (Å²) in [6.07, 6.45) is -0.546. The van der Waals surface area contributed by atoms with Crippen LogP contribution in [-0.4, -0.2) is 13.2 Å². The van der Waals surface area contributed by atoms with E-state index < -0.39 is 6.09 Å². The second-order valence-corrected chi connectivity index (χ2v) is 3.28. The van der Waals surface area contributed by atoms with Gasteiger partial charge in [0.05, 0.1) is 24.4 Å². The fraction of sp³-hybridized carbons (Fsp3) is 0.111. The Bertz CT molecular complexity index is 398. The summed E-state index contributed by atoms with van der Waals surface area (Å²) in [5.41, 5.74) is 1.09. The average molecular weight is 255 g/mol. The van der Waals surface area contributed by atoms with E-state index in [0.29, 0.717) is 15.7 Å². The van der Waals surface area contributed by atoms with E-state index in [1.807, 2.05) is 6.07 Å². The molecule has 72 valence electrons. The molecule has 0 atom stereocenters. The molecule has 0 fully saturated rings. The van der Waals surface area contributed by atoms with Crippen LogP contribution in [0.4, 0.5) is 10.5 Å². The SMILES string of the molecule is COC(=O)Nc1ccc(C#N)cc1Br. The first-order valence-corrected chi connectivity index (χ1v) is 4.51. The summed E-state index contributed by atoms with van der Waals surface area (Å²) in [6.45, 7) is 0. The van der Waals surface area contributed by atoms with Crippen LogP contribution in [0.2, 0.25) is 0 Å². The zero-order valence-electron chi connectivity index (χ0n) is 7.37. The molecule has 0 unspecified atom stereocenters. The lowest BCUT2D eigenvalue weighted by Gasteiger charge is -2.05. The van der Waals surface area contributed by atoms with Gasteiger partial charge in [0.2, 0.25) is 0 Å². The molecule has 1 N–H and O–H groups in total. The molecule has 1 aromatic rings. The molecule has 0 aliphatic heterocycles. The Labute approximate surface area is 89.6 Å². The Kier molecular flexibility index (Phi) is 3.48. The van der Waals surface area contributed by atoms with E-state index in [1.54, 1.807) is 18.2 Å². The van der Waals surface area contributed by atoms with Gasteiger partial charge in [0.1, 0.15) is 0 Å². The molecule has 4 nitrogen and oxygen atoms in total. The third-order valence-electron chi connectivity index (χ3n) is 1.52. The lowest BCUT2D eigenvalue weighted by atomic mass is 10.2. The van der Waals surface area contributed by atoms with Crippen LogP contribution in [0.3, 0.4) is 0 Å². The summed E-state index contributed by atoms with van der Waals surface area (Å²) >= 11 is 3.22. The second-order valence-electron chi connectivity index (χ2n) is 2.42. The van der Waals surface area contributed by atoms with Gasteiger partial charge >= 0.3 is 6.09 Å². The van der Waals surface area contributed by atoms with Crippen LogP contribution in [-0.2, 0) is 4.74 Å². The van der Waals surface area contributed by atoms with Gasteiger partial charge in [-0.1, -0.05) is 0 Å². The highest BCUT2D eigenvalue weighted by Gasteiger charge is 2.05. The summed E-state index contributed by atoms with van der Waals surface area (Å²) in [5, 5.41) is 11.1. The van der Waals surface area contributed by atoms with Crippen molar-refractivity contribution in [3.63, 3.8) is 0 Å². The van der Waals surface area contributed by atoms with Gasteiger partial charge in [0.25, 0.3) is 0 Å². The number of nitrogens with one attached hydrogen (secondary N) is 1. The summed E-state index contributed by atoms with van der Waals surface area (Å²) in [7, 11) is 1.28. The molecule has 0 saturated heterocycles. The highest BCUT2D eigenvalue weighted by molar-refractivity contribution is 9.10. The van der Waals surface area contributed by atoms with Crippen molar-refractivity contribution in [2.24, 2.45) is 0 Å². The van der Waals surface area contributed by atoms with E-state index in [4.69, 9.17) is 5.26 Å². The fourth-order valence-electron chi connectivity index (χ4n) is 0.847. The van der Waals surface area contributed by atoms with Crippen LogP contribution in [0.15, 0.2) is 22.7 Å². The lowest BCUT2D eigenvalue weighted by Crippen LogP contribution is -2.11. The van der Waals surface area contributed by atoms with Gasteiger partial charge in [0, 0.05) is 4.47 Å². The van der Waals surface area contributed by atoms with E-state index in [9.17, 15) is 4.79 Å². The largest absolute Gasteiger partial charge is 0.453 e. The molecule has 0 saturated carbocycles. The predicted octanol–water partition coefficient (Wildman–Crippen LogP) is 2.50. The molecule has 1 rings (SSSR count). The molecule has 5 heteroatoms. The van der Waals surface area contributed by atoms with Crippen molar-refractivity contribution in [2.45, 2.75) is 0 Å². The maximum Gasteiger partial charge on any atom is 0.411 e. The number of methoxy groups -OCH3 is 1. The number of benzene rings is 1. The van der Waals surface area contributed by atoms with Crippen molar-refractivity contribution in [3.05, 3.63) is 28.2 Å². The minimum absolute atomic E-state index is 0.521. The van der Waals surface area contributed by atoms with E-state index in [0.717, 1.165) is 0 Å². The molecule has 0 bridgehead atoms. The smallest absolute Gasteiger partial charge is 0.411 e. The second kappa shape index (κ2) is 4.63. The highest BCUT2D eigenvalue weighted by atomic mass is 79.9. The number of amides is 1. The van der Waals surface area contributed by atoms with Gasteiger partial charge < -0.3 is 4.74 Å². The van der Waals surface area contributed by atoms with Gasteiger partial charge in [-0.05, 0) is 34.1 Å². The number of hydrogen-bond acceptors (Lipinski definition) is 3. The quantitative estimate of drug-likeness (QED) is 0.838. The van der Waals surface area contributed by atoms with Crippen LogP contribution in [0.5, 0.6) is 0 Å². The Morgan fingerprint density at radius 2 is 2.36 bits per heavy atom. The van der Waals surface area contributed by atoms with Gasteiger partial charge in [-0.25, -0.2) is 4.79 Å². The van der Waals surface area contributed by atoms with Crippen molar-refractivity contribution < 1.29 is 9.53 Å². The molecule has 0 spiro atoms. The third kappa shape index (κ3) is 2.47. The summed E-state index contributed by atoms with van der Waals surface area (Å²) in [4.78, 5) is 10.9. The van der Waals surface area contributed by atoms with E-state index in [2.05, 4.69) is 26.0 Å². The van der Waals surface area contributed by atoms with E-state index in [1.165, 1.54) is 7.11 Å². The van der Waals surface area contributed by atoms with Crippen LogP contribution < -0.4 is 5.32 Å². The molecule has 0 aromatic heterocycles. The highest BCUT2D eigenvalue weighted by Crippen LogP contribution is 2.23. The molecule has 0 heterocycles. The first-order chi connectivity index (χ1) is 6.67. The standard InChI is InChI=1S/C9H7BrN2O2/c1-14-9(13)12-8-3-2-6(5-11)4-7(8)10/h2-4H,1H3,(H,12,13). The van der Waals surface area contributed by atoms with Crippen LogP contribution >= 0.6 is 15.9 Å². The lowest BCUT2D eigenvalue weighted by molar-refractivity contribution is 0.187. The number of nitriles is 1. The van der Waals surface area contributed by atoms with E-state index in [-0.39, 0.29) is 0 Å². The predicted molar refractivity (Wildman–Crippen MR) is 54.9 cm³/mol. The number of hydrogen-bond donors (Lipinski definition) is 1. The summed E-state index contributed by atoms with van der Waals surface area (Å²) < 4.78 is 5.07. The summed E-state index contributed by atoms with van der Waals surface area (Å²) in [6, 6.07) is 6.84. The Morgan fingerprint density at radius 3 is 2.86 bits per heavy atom. The van der Waals surface area contributed by atoms with E-state index >= 15 is 0 Å². The van der Waals surface area contributed by atoms with Crippen molar-refractivity contribution in [2.75, 3.05) is 12.4 Å². The Morgan fingerprint density at radius 1 is 1.64 bits per heavy atom. The normalized spacial score (nSPS) is 8.93. The molecule has 14 heavy (non-hydrogen) atoms. The fourth-order valence-corrected chi connectivity index (χ4v) is 1.32. The molecule has 0 aliphatic rings. The number of ether oxygens (including phenoxy) is 1. The maximum atomic E-state index is 10.9. The molecule has 0 radical (unpaired) electrons. The maximum absolute atomic E-state index is 10.9. The van der Waals surface area contributed by atoms with Crippen LogP contribution in [0.25, 0.3) is 0 Å². The molecular formula is C9H7BrN2O2. The molecular weight excluding hydrogens is 248 g/mol. The van der Waals surface area contributed by atoms with Crippen molar-refractivity contribution in [3.8, 4) is 6.07 Å². The third-order valence-corrected chi connectivity index (χ3v) is 2.18. The van der Waals surface area contributed by atoms with Crippen molar-refractivity contribution in [1.82, 2.24) is 0 Å². The van der Waals surface area contributed by atoms with Gasteiger partial charge in [-0.3, -0.25) is 5.32 Å². The Hall–Kier alpha value is -1.54. The van der Waals surface area contributed by atoms with Crippen molar-refractivity contribution >= 4 is 27.7 Å². The number of carbonyl (C=O) groups excluding carboxylic acids is 1. The summed E-state index contributed by atoms with van der Waals surface area (Å²) in [5.74, 6) is 0. The molecule has 1 amide bonds. The van der Waals surface area contributed by atoms with Crippen molar-refractivity contribution in [1.29, 1.82) is 5.26 Å². The topological polar surface area (TPSA) is 62.1 Å². The minimum Gasteiger partial charge on any atom is -0.453 e. The van der Waals surface area contributed by atoms with Gasteiger partial charge in [-0.15, -0.1) is 0 Å². The van der Waals surface area contributed by atoms with Gasteiger partial charge in [-0.2, -0.15) is 5.26 Å². The number of halogens is 1. The number of carbonyl (C=O) groups is 1. The monoisotopic (exact) mass is 254 g/mol. The number of nitrogens with zero attached hydrogens (tertiary/aromatic N) is 1. The zero-order chi connectivity index (χ0) is 10.6. The van der Waals surface area contributed by atoms with Crippen LogP contribution in [0, 0.1) is 11.3 Å². The molecule has 1 aromatic carbocycles. The average Bonchev–Trinajstić information content (AvgIpc) is 2.20. The zero-order valence-corrected chi connectivity index (χ0v) is 8.96. The Balaban J connectivity index is 2.90. The molecule has 0 aliphatic carbocycles. The number of rotatable bonds is 1. The first-order valence-electron chi connectivity index (χ1n) is 3.72.